The Hall–Kier alpha value is -0.840. The lowest BCUT2D eigenvalue weighted by Gasteiger charge is -2.02. The summed E-state index contributed by atoms with van der Waals surface area (Å²) in [4.78, 5) is 7.90. The molecule has 6 heteroatoms. The quantitative estimate of drug-likeness (QED) is 0.826. The van der Waals surface area contributed by atoms with E-state index in [0.29, 0.717) is 10.0 Å². The third kappa shape index (κ3) is 2.64. The molecule has 0 aromatic carbocycles. The van der Waals surface area contributed by atoms with Gasteiger partial charge in [0.2, 0.25) is 0 Å². The first-order chi connectivity index (χ1) is 7.66. The second-order valence-electron chi connectivity index (χ2n) is 2.83. The van der Waals surface area contributed by atoms with Gasteiger partial charge < -0.3 is 0 Å². The Morgan fingerprint density at radius 3 is 2.69 bits per heavy atom. The predicted octanol–water partition coefficient (Wildman–Crippen LogP) is 4.07. The largest absolute Gasteiger partial charge is 0.248 e. The van der Waals surface area contributed by atoms with E-state index in [1.807, 2.05) is 0 Å². The first kappa shape index (κ1) is 11.6. The van der Waals surface area contributed by atoms with Crippen molar-refractivity contribution in [3.63, 3.8) is 0 Å². The maximum Gasteiger partial charge on any atom is 0.157 e. The molecule has 0 saturated carbocycles. The summed E-state index contributed by atoms with van der Waals surface area (Å²) in [6.07, 6.45) is 2.96. The van der Waals surface area contributed by atoms with Crippen LogP contribution in [0.2, 0.25) is 10.0 Å². The first-order valence-corrected chi connectivity index (χ1v) is 5.83. The van der Waals surface area contributed by atoms with Crippen molar-refractivity contribution in [3.05, 3.63) is 46.5 Å². The van der Waals surface area contributed by atoms with Gasteiger partial charge in [-0.25, -0.2) is 14.4 Å². The number of nitrogens with zero attached hydrogens (tertiary/aromatic N) is 2. The first-order valence-electron chi connectivity index (χ1n) is 4.26. The van der Waals surface area contributed by atoms with Crippen LogP contribution in [0.3, 0.4) is 0 Å². The molecule has 0 unspecified atom stereocenters. The van der Waals surface area contributed by atoms with Gasteiger partial charge in [-0.05, 0) is 30.0 Å². The van der Waals surface area contributed by atoms with E-state index in [2.05, 4.69) is 9.97 Å². The van der Waals surface area contributed by atoms with Crippen molar-refractivity contribution >= 4 is 35.0 Å². The van der Waals surface area contributed by atoms with Crippen LogP contribution in [0.15, 0.2) is 40.6 Å². The fraction of sp³-hybridized carbons (Fsp3) is 0. The summed E-state index contributed by atoms with van der Waals surface area (Å²) >= 11 is 12.6. The highest BCUT2D eigenvalue weighted by atomic mass is 35.5. The maximum absolute atomic E-state index is 13.4. The second kappa shape index (κ2) is 4.99. The Labute approximate surface area is 106 Å². The fourth-order valence-corrected chi connectivity index (χ4v) is 2.12. The number of halogens is 3. The van der Waals surface area contributed by atoms with E-state index in [0.717, 1.165) is 11.8 Å². The Morgan fingerprint density at radius 1 is 1.19 bits per heavy atom. The normalized spacial score (nSPS) is 10.4. The molecule has 2 heterocycles. The molecule has 2 aromatic heterocycles. The topological polar surface area (TPSA) is 25.8 Å². The highest BCUT2D eigenvalue weighted by Crippen LogP contribution is 2.31. The average molecular weight is 275 g/mol. The highest BCUT2D eigenvalue weighted by molar-refractivity contribution is 7.99. The molecule has 82 valence electrons. The van der Waals surface area contributed by atoms with Crippen LogP contribution in [0.25, 0.3) is 0 Å². The molecule has 0 spiro atoms. The molecule has 2 aromatic rings. The van der Waals surface area contributed by atoms with E-state index in [1.165, 1.54) is 12.3 Å². The molecule has 0 bridgehead atoms. The highest BCUT2D eigenvalue weighted by Gasteiger charge is 2.09. The molecule has 2 rings (SSSR count). The Bertz CT molecular complexity index is 522. The molecule has 0 radical (unpaired) electrons. The Morgan fingerprint density at radius 2 is 2.00 bits per heavy atom. The summed E-state index contributed by atoms with van der Waals surface area (Å²) in [5.41, 5.74) is 0. The van der Waals surface area contributed by atoms with Crippen molar-refractivity contribution in [1.29, 1.82) is 0 Å². The van der Waals surface area contributed by atoms with Crippen molar-refractivity contribution in [3.8, 4) is 0 Å². The number of pyridine rings is 2. The molecular formula is C10H5Cl2FN2S. The van der Waals surface area contributed by atoms with E-state index >= 15 is 0 Å². The minimum atomic E-state index is -0.487. The van der Waals surface area contributed by atoms with Crippen molar-refractivity contribution in [1.82, 2.24) is 9.97 Å². The molecule has 0 saturated heterocycles. The van der Waals surface area contributed by atoms with Crippen molar-refractivity contribution in [2.24, 2.45) is 0 Å². The van der Waals surface area contributed by atoms with E-state index in [4.69, 9.17) is 23.2 Å². The molecular weight excluding hydrogens is 270 g/mol. The van der Waals surface area contributed by atoms with Crippen LogP contribution in [0.5, 0.6) is 0 Å². The zero-order chi connectivity index (χ0) is 11.5. The smallest absolute Gasteiger partial charge is 0.157 e. The van der Waals surface area contributed by atoms with Gasteiger partial charge in [-0.1, -0.05) is 23.2 Å². The van der Waals surface area contributed by atoms with Gasteiger partial charge in [0.05, 0.1) is 10.0 Å². The number of aromatic nitrogens is 2. The van der Waals surface area contributed by atoms with Crippen LogP contribution in [0.1, 0.15) is 0 Å². The van der Waals surface area contributed by atoms with Crippen LogP contribution in [-0.2, 0) is 0 Å². The van der Waals surface area contributed by atoms with Gasteiger partial charge in [0.1, 0.15) is 10.1 Å². The SMILES string of the molecule is Fc1cc(Cl)cnc1Sc1ncccc1Cl. The Kier molecular flexibility index (Phi) is 3.63. The molecule has 0 amide bonds. The molecule has 0 aliphatic carbocycles. The predicted molar refractivity (Wildman–Crippen MR) is 62.6 cm³/mol. The van der Waals surface area contributed by atoms with Crippen molar-refractivity contribution in [2.75, 3.05) is 0 Å². The second-order valence-corrected chi connectivity index (χ2v) is 4.65. The number of hydrogen-bond acceptors (Lipinski definition) is 3. The lowest BCUT2D eigenvalue weighted by molar-refractivity contribution is 0.588. The van der Waals surface area contributed by atoms with Gasteiger partial charge in [-0.3, -0.25) is 0 Å². The lowest BCUT2D eigenvalue weighted by atomic mass is 10.5. The molecule has 16 heavy (non-hydrogen) atoms. The van der Waals surface area contributed by atoms with E-state index in [1.54, 1.807) is 18.3 Å². The third-order valence-electron chi connectivity index (χ3n) is 1.69. The van der Waals surface area contributed by atoms with Gasteiger partial charge in [-0.2, -0.15) is 0 Å². The van der Waals surface area contributed by atoms with Gasteiger partial charge >= 0.3 is 0 Å². The van der Waals surface area contributed by atoms with E-state index in [-0.39, 0.29) is 10.0 Å². The van der Waals surface area contributed by atoms with Gasteiger partial charge in [0.25, 0.3) is 0 Å². The number of hydrogen-bond donors (Lipinski definition) is 0. The Balaban J connectivity index is 2.31. The van der Waals surface area contributed by atoms with Gasteiger partial charge in [-0.15, -0.1) is 0 Å². The van der Waals surface area contributed by atoms with E-state index in [9.17, 15) is 4.39 Å². The molecule has 0 aliphatic rings. The standard InChI is InChI=1S/C10H5Cl2FN2S/c11-6-4-8(13)10(15-5-6)16-9-7(12)2-1-3-14-9/h1-5H. The van der Waals surface area contributed by atoms with Crippen LogP contribution < -0.4 is 0 Å². The zero-order valence-electron chi connectivity index (χ0n) is 7.82. The average Bonchev–Trinajstić information content (AvgIpc) is 2.25. The zero-order valence-corrected chi connectivity index (χ0v) is 10.2. The van der Waals surface area contributed by atoms with E-state index < -0.39 is 5.82 Å². The summed E-state index contributed by atoms with van der Waals surface area (Å²) in [5.74, 6) is -0.487. The molecule has 0 aliphatic heterocycles. The van der Waals surface area contributed by atoms with Crippen LogP contribution in [0.4, 0.5) is 4.39 Å². The minimum Gasteiger partial charge on any atom is -0.248 e. The number of rotatable bonds is 2. The van der Waals surface area contributed by atoms with Crippen LogP contribution >= 0.6 is 35.0 Å². The third-order valence-corrected chi connectivity index (χ3v) is 3.33. The lowest BCUT2D eigenvalue weighted by Crippen LogP contribution is -1.88. The monoisotopic (exact) mass is 274 g/mol. The van der Waals surface area contributed by atoms with Gasteiger partial charge in [0.15, 0.2) is 5.82 Å². The molecule has 2 nitrogen and oxygen atoms in total. The summed E-state index contributed by atoms with van der Waals surface area (Å²) in [5, 5.41) is 1.43. The fourth-order valence-electron chi connectivity index (χ4n) is 1.02. The van der Waals surface area contributed by atoms with Crippen LogP contribution in [-0.4, -0.2) is 9.97 Å². The summed E-state index contributed by atoms with van der Waals surface area (Å²) in [7, 11) is 0. The molecule has 0 atom stereocenters. The maximum atomic E-state index is 13.4. The summed E-state index contributed by atoms with van der Waals surface area (Å²) < 4.78 is 13.4. The summed E-state index contributed by atoms with van der Waals surface area (Å²) in [6.45, 7) is 0. The molecule has 0 fully saturated rings. The minimum absolute atomic E-state index is 0.199. The van der Waals surface area contributed by atoms with Gasteiger partial charge in [0, 0.05) is 12.4 Å². The summed E-state index contributed by atoms with van der Waals surface area (Å²) in [6, 6.07) is 4.59. The molecule has 0 N–H and O–H groups in total. The van der Waals surface area contributed by atoms with Crippen LogP contribution in [0, 0.1) is 5.82 Å². The van der Waals surface area contributed by atoms with Crippen molar-refractivity contribution < 1.29 is 4.39 Å². The van der Waals surface area contributed by atoms with Crippen molar-refractivity contribution in [2.45, 2.75) is 10.1 Å².